The largest absolute Gasteiger partial charge is 0.497 e. The summed E-state index contributed by atoms with van der Waals surface area (Å²) < 4.78 is 5.19. The summed E-state index contributed by atoms with van der Waals surface area (Å²) in [5, 5.41) is 0. The van der Waals surface area contributed by atoms with Crippen molar-refractivity contribution >= 4 is 11.2 Å². The van der Waals surface area contributed by atoms with E-state index in [0.29, 0.717) is 0 Å². The first kappa shape index (κ1) is 15.4. The lowest BCUT2D eigenvalue weighted by Crippen LogP contribution is -1.93. The Kier molecular flexibility index (Phi) is 4.17. The van der Waals surface area contributed by atoms with E-state index in [2.05, 4.69) is 45.3 Å². The van der Waals surface area contributed by atoms with Gasteiger partial charge < -0.3 is 9.72 Å². The van der Waals surface area contributed by atoms with Gasteiger partial charge in [-0.3, -0.25) is 0 Å². The second-order valence-electron chi connectivity index (χ2n) is 5.99. The molecule has 124 valence electrons. The van der Waals surface area contributed by atoms with Crippen molar-refractivity contribution in [1.29, 1.82) is 0 Å². The van der Waals surface area contributed by atoms with Crippen LogP contribution >= 0.6 is 0 Å². The second-order valence-corrected chi connectivity index (χ2v) is 5.99. The monoisotopic (exact) mass is 329 g/mol. The van der Waals surface area contributed by atoms with Gasteiger partial charge in [0.1, 0.15) is 11.6 Å². The van der Waals surface area contributed by atoms with Gasteiger partial charge in [-0.25, -0.2) is 9.97 Å². The molecule has 0 radical (unpaired) electrons. The van der Waals surface area contributed by atoms with Crippen molar-refractivity contribution in [2.45, 2.75) is 12.8 Å². The highest BCUT2D eigenvalue weighted by atomic mass is 16.5. The number of H-pyrrole nitrogens is 1. The fourth-order valence-electron chi connectivity index (χ4n) is 2.91. The highest BCUT2D eigenvalue weighted by Gasteiger charge is 2.07. The van der Waals surface area contributed by atoms with Crippen molar-refractivity contribution in [2.24, 2.45) is 0 Å². The van der Waals surface area contributed by atoms with Crippen LogP contribution in [-0.4, -0.2) is 22.1 Å². The number of hydrogen-bond donors (Lipinski definition) is 1. The van der Waals surface area contributed by atoms with E-state index in [-0.39, 0.29) is 0 Å². The molecule has 0 bridgehead atoms. The number of methoxy groups -OCH3 is 1. The minimum Gasteiger partial charge on any atom is -0.497 e. The van der Waals surface area contributed by atoms with Crippen molar-refractivity contribution in [1.82, 2.24) is 15.0 Å². The first-order valence-electron chi connectivity index (χ1n) is 8.35. The maximum atomic E-state index is 5.19. The van der Waals surface area contributed by atoms with Crippen molar-refractivity contribution in [3.63, 3.8) is 0 Å². The van der Waals surface area contributed by atoms with Crippen LogP contribution in [0, 0.1) is 0 Å². The number of nitrogens with zero attached hydrogens (tertiary/aromatic N) is 2. The Morgan fingerprint density at radius 1 is 0.920 bits per heavy atom. The van der Waals surface area contributed by atoms with Gasteiger partial charge in [0.05, 0.1) is 12.6 Å². The van der Waals surface area contributed by atoms with E-state index in [0.717, 1.165) is 46.7 Å². The second kappa shape index (κ2) is 6.77. The van der Waals surface area contributed by atoms with Gasteiger partial charge in [-0.05, 0) is 35.7 Å². The first-order chi connectivity index (χ1) is 12.3. The predicted octanol–water partition coefficient (Wildman–Crippen LogP) is 4.42. The molecular formula is C21H19N3O. The zero-order valence-electron chi connectivity index (χ0n) is 14.1. The van der Waals surface area contributed by atoms with Gasteiger partial charge >= 0.3 is 0 Å². The van der Waals surface area contributed by atoms with Gasteiger partial charge in [0.2, 0.25) is 0 Å². The number of imidazole rings is 1. The van der Waals surface area contributed by atoms with Crippen molar-refractivity contribution in [3.8, 4) is 16.9 Å². The van der Waals surface area contributed by atoms with Gasteiger partial charge in [-0.15, -0.1) is 0 Å². The van der Waals surface area contributed by atoms with Gasteiger partial charge in [0, 0.05) is 18.2 Å². The standard InChI is InChI=1S/C21H19N3O/c1-25-18-10-7-15(8-11-18)9-12-20-23-19-13-17(14-22-21(19)24-20)16-5-3-2-4-6-16/h2-8,10-11,13-14H,9,12H2,1H3,(H,22,23,24). The molecule has 4 aromatic rings. The molecule has 1 N–H and O–H groups in total. The number of aryl methyl sites for hydroxylation is 2. The molecule has 0 saturated carbocycles. The van der Waals surface area contributed by atoms with E-state index in [9.17, 15) is 0 Å². The molecular weight excluding hydrogens is 310 g/mol. The van der Waals surface area contributed by atoms with E-state index in [4.69, 9.17) is 4.74 Å². The fourth-order valence-corrected chi connectivity index (χ4v) is 2.91. The molecule has 0 aliphatic carbocycles. The summed E-state index contributed by atoms with van der Waals surface area (Å²) in [6, 6.07) is 20.5. The van der Waals surface area contributed by atoms with Gasteiger partial charge in [-0.2, -0.15) is 0 Å². The lowest BCUT2D eigenvalue weighted by molar-refractivity contribution is 0.414. The number of aromatic amines is 1. The molecule has 0 spiro atoms. The fraction of sp³-hybridized carbons (Fsp3) is 0.143. The minimum atomic E-state index is 0.768. The van der Waals surface area contributed by atoms with E-state index >= 15 is 0 Å². The Morgan fingerprint density at radius 2 is 1.72 bits per heavy atom. The molecule has 0 aliphatic rings. The van der Waals surface area contributed by atoms with Gasteiger partial charge in [0.25, 0.3) is 0 Å². The van der Waals surface area contributed by atoms with Crippen LogP contribution in [0.1, 0.15) is 11.4 Å². The number of ether oxygens (including phenoxy) is 1. The van der Waals surface area contributed by atoms with Crippen LogP contribution in [0.3, 0.4) is 0 Å². The topological polar surface area (TPSA) is 50.8 Å². The van der Waals surface area contributed by atoms with Crippen LogP contribution < -0.4 is 4.74 Å². The lowest BCUT2D eigenvalue weighted by atomic mass is 10.1. The van der Waals surface area contributed by atoms with E-state index in [1.807, 2.05) is 36.5 Å². The molecule has 2 heterocycles. The molecule has 0 atom stereocenters. The Hall–Kier alpha value is -3.14. The highest BCUT2D eigenvalue weighted by Crippen LogP contribution is 2.21. The molecule has 4 heteroatoms. The Bertz CT molecular complexity index is 975. The van der Waals surface area contributed by atoms with Crippen LogP contribution in [-0.2, 0) is 12.8 Å². The Balaban J connectivity index is 1.52. The summed E-state index contributed by atoms with van der Waals surface area (Å²) in [5.41, 5.74) is 5.26. The number of pyridine rings is 1. The summed E-state index contributed by atoms with van der Waals surface area (Å²) >= 11 is 0. The summed E-state index contributed by atoms with van der Waals surface area (Å²) in [6.45, 7) is 0. The minimum absolute atomic E-state index is 0.768. The molecule has 0 fully saturated rings. The molecule has 2 aromatic carbocycles. The van der Waals surface area contributed by atoms with Crippen molar-refractivity contribution in [2.75, 3.05) is 7.11 Å². The third kappa shape index (κ3) is 3.38. The Morgan fingerprint density at radius 3 is 2.48 bits per heavy atom. The van der Waals surface area contributed by atoms with Crippen LogP contribution in [0.15, 0.2) is 66.9 Å². The van der Waals surface area contributed by atoms with Crippen LogP contribution in [0.5, 0.6) is 5.75 Å². The maximum Gasteiger partial charge on any atom is 0.177 e. The zero-order valence-corrected chi connectivity index (χ0v) is 14.1. The van der Waals surface area contributed by atoms with E-state index < -0.39 is 0 Å². The molecule has 2 aromatic heterocycles. The molecule has 0 aliphatic heterocycles. The molecule has 4 nitrogen and oxygen atoms in total. The number of benzene rings is 2. The maximum absolute atomic E-state index is 5.19. The average Bonchev–Trinajstić information content (AvgIpc) is 3.09. The summed E-state index contributed by atoms with van der Waals surface area (Å²) in [4.78, 5) is 12.5. The number of rotatable bonds is 5. The normalized spacial score (nSPS) is 10.9. The van der Waals surface area contributed by atoms with E-state index in [1.165, 1.54) is 5.56 Å². The quantitative estimate of drug-likeness (QED) is 0.590. The third-order valence-electron chi connectivity index (χ3n) is 4.30. The lowest BCUT2D eigenvalue weighted by Gasteiger charge is -2.02. The number of nitrogens with one attached hydrogen (secondary N) is 1. The number of fused-ring (bicyclic) bond motifs is 1. The van der Waals surface area contributed by atoms with Gasteiger partial charge in [-0.1, -0.05) is 42.5 Å². The molecule has 0 saturated heterocycles. The van der Waals surface area contributed by atoms with Gasteiger partial charge in [0.15, 0.2) is 5.65 Å². The third-order valence-corrected chi connectivity index (χ3v) is 4.30. The number of hydrogen-bond acceptors (Lipinski definition) is 3. The van der Waals surface area contributed by atoms with Crippen LogP contribution in [0.4, 0.5) is 0 Å². The number of aromatic nitrogens is 3. The molecule has 0 unspecified atom stereocenters. The highest BCUT2D eigenvalue weighted by molar-refractivity contribution is 5.78. The van der Waals surface area contributed by atoms with Crippen molar-refractivity contribution < 1.29 is 4.74 Å². The van der Waals surface area contributed by atoms with E-state index in [1.54, 1.807) is 7.11 Å². The summed E-state index contributed by atoms with van der Waals surface area (Å²) in [6.07, 6.45) is 3.66. The smallest absolute Gasteiger partial charge is 0.177 e. The van der Waals surface area contributed by atoms with Crippen LogP contribution in [0.2, 0.25) is 0 Å². The summed E-state index contributed by atoms with van der Waals surface area (Å²) in [7, 11) is 1.68. The van der Waals surface area contributed by atoms with Crippen LogP contribution in [0.25, 0.3) is 22.3 Å². The molecule has 4 rings (SSSR count). The van der Waals surface area contributed by atoms with Crippen molar-refractivity contribution in [3.05, 3.63) is 78.2 Å². The SMILES string of the molecule is COc1ccc(CCc2nc3ncc(-c4ccccc4)cc3[nH]2)cc1. The molecule has 0 amide bonds. The Labute approximate surface area is 146 Å². The average molecular weight is 329 g/mol. The molecule has 25 heavy (non-hydrogen) atoms. The first-order valence-corrected chi connectivity index (χ1v) is 8.35. The summed E-state index contributed by atoms with van der Waals surface area (Å²) in [5.74, 6) is 1.84. The predicted molar refractivity (Wildman–Crippen MR) is 99.7 cm³/mol. The zero-order chi connectivity index (χ0) is 17.1.